The lowest BCUT2D eigenvalue weighted by Crippen LogP contribution is -2.18. The van der Waals surface area contributed by atoms with Gasteiger partial charge in [-0.1, -0.05) is 6.07 Å². The quantitative estimate of drug-likeness (QED) is 0.788. The Kier molecular flexibility index (Phi) is 4.14. The van der Waals surface area contributed by atoms with Crippen LogP contribution in [-0.4, -0.2) is 17.8 Å². The number of nitriles is 1. The minimum Gasteiger partial charge on any atom is -0.390 e. The molecule has 1 aromatic carbocycles. The summed E-state index contributed by atoms with van der Waals surface area (Å²) >= 11 is 0. The highest BCUT2D eigenvalue weighted by Gasteiger charge is 2.02. The molecule has 1 unspecified atom stereocenters. The van der Waals surface area contributed by atoms with Gasteiger partial charge in [-0.3, -0.25) is 0 Å². The van der Waals surface area contributed by atoms with E-state index in [-0.39, 0.29) is 6.42 Å². The van der Waals surface area contributed by atoms with Gasteiger partial charge in [0, 0.05) is 12.2 Å². The number of aryl methyl sites for hydroxylation is 2. The fraction of sp³-hybridized carbons (Fsp3) is 0.417. The Balaban J connectivity index is 2.54. The number of hydrogen-bond donors (Lipinski definition) is 2. The van der Waals surface area contributed by atoms with Crippen LogP contribution in [0.4, 0.5) is 5.69 Å². The first-order valence-electron chi connectivity index (χ1n) is 4.99. The third-order valence-electron chi connectivity index (χ3n) is 2.09. The maximum absolute atomic E-state index is 9.36. The second-order valence-electron chi connectivity index (χ2n) is 3.77. The molecule has 2 N–H and O–H groups in total. The zero-order chi connectivity index (χ0) is 11.3. The lowest BCUT2D eigenvalue weighted by atomic mass is 10.1. The third kappa shape index (κ3) is 4.01. The maximum atomic E-state index is 9.36. The van der Waals surface area contributed by atoms with Crippen LogP contribution in [0.1, 0.15) is 17.5 Å². The lowest BCUT2D eigenvalue weighted by Gasteiger charge is -2.11. The number of benzene rings is 1. The third-order valence-corrected chi connectivity index (χ3v) is 2.09. The number of hydrogen-bond acceptors (Lipinski definition) is 3. The van der Waals surface area contributed by atoms with Crippen molar-refractivity contribution in [2.75, 3.05) is 11.9 Å². The first kappa shape index (κ1) is 11.5. The first-order chi connectivity index (χ1) is 7.11. The van der Waals surface area contributed by atoms with Gasteiger partial charge in [-0.15, -0.1) is 0 Å². The molecule has 0 spiro atoms. The number of nitrogens with one attached hydrogen (secondary N) is 1. The monoisotopic (exact) mass is 204 g/mol. The van der Waals surface area contributed by atoms with E-state index in [0.29, 0.717) is 6.54 Å². The summed E-state index contributed by atoms with van der Waals surface area (Å²) in [5, 5.41) is 20.9. The molecule has 0 aliphatic rings. The Labute approximate surface area is 90.4 Å². The van der Waals surface area contributed by atoms with Crippen molar-refractivity contribution >= 4 is 5.69 Å². The highest BCUT2D eigenvalue weighted by atomic mass is 16.3. The summed E-state index contributed by atoms with van der Waals surface area (Å²) in [7, 11) is 0. The maximum Gasteiger partial charge on any atom is 0.0842 e. The van der Waals surface area contributed by atoms with E-state index < -0.39 is 6.10 Å². The zero-order valence-electron chi connectivity index (χ0n) is 9.12. The van der Waals surface area contributed by atoms with Gasteiger partial charge in [0.1, 0.15) is 0 Å². The van der Waals surface area contributed by atoms with Gasteiger partial charge in [-0.05, 0) is 37.1 Å². The van der Waals surface area contributed by atoms with Crippen molar-refractivity contribution in [3.63, 3.8) is 0 Å². The Morgan fingerprint density at radius 1 is 1.33 bits per heavy atom. The van der Waals surface area contributed by atoms with Crippen molar-refractivity contribution in [1.29, 1.82) is 5.26 Å². The normalized spacial score (nSPS) is 11.9. The van der Waals surface area contributed by atoms with E-state index in [9.17, 15) is 5.11 Å². The van der Waals surface area contributed by atoms with Crippen LogP contribution in [0.3, 0.4) is 0 Å². The Hall–Kier alpha value is -1.53. The molecule has 1 atom stereocenters. The molecule has 1 rings (SSSR count). The molecule has 0 aliphatic carbocycles. The molecule has 0 heterocycles. The highest BCUT2D eigenvalue weighted by Crippen LogP contribution is 2.13. The molecule has 0 amide bonds. The first-order valence-corrected chi connectivity index (χ1v) is 4.99. The summed E-state index contributed by atoms with van der Waals surface area (Å²) < 4.78 is 0. The standard InChI is InChI=1S/C12H16N2O/c1-9-5-10(2)7-11(6-9)14-8-12(15)3-4-13/h5-7,12,14-15H,3,8H2,1-2H3. The molecule has 0 radical (unpaired) electrons. The van der Waals surface area contributed by atoms with Crippen molar-refractivity contribution in [1.82, 2.24) is 0 Å². The molecule has 1 aromatic rings. The van der Waals surface area contributed by atoms with Crippen molar-refractivity contribution in [3.8, 4) is 6.07 Å². The van der Waals surface area contributed by atoms with E-state index in [0.717, 1.165) is 5.69 Å². The molecule has 0 saturated carbocycles. The number of anilines is 1. The molecule has 15 heavy (non-hydrogen) atoms. The van der Waals surface area contributed by atoms with E-state index in [1.807, 2.05) is 32.0 Å². The summed E-state index contributed by atoms with van der Waals surface area (Å²) in [5.74, 6) is 0. The van der Waals surface area contributed by atoms with Gasteiger partial charge in [0.15, 0.2) is 0 Å². The predicted octanol–water partition coefficient (Wildman–Crippen LogP) is 1.99. The van der Waals surface area contributed by atoms with Gasteiger partial charge in [0.25, 0.3) is 0 Å². The number of aliphatic hydroxyl groups excluding tert-OH is 1. The van der Waals surface area contributed by atoms with E-state index in [4.69, 9.17) is 5.26 Å². The van der Waals surface area contributed by atoms with Crippen LogP contribution in [0.2, 0.25) is 0 Å². The fourth-order valence-corrected chi connectivity index (χ4v) is 1.49. The van der Waals surface area contributed by atoms with E-state index in [1.165, 1.54) is 11.1 Å². The van der Waals surface area contributed by atoms with Gasteiger partial charge >= 0.3 is 0 Å². The smallest absolute Gasteiger partial charge is 0.0842 e. The van der Waals surface area contributed by atoms with Gasteiger partial charge in [-0.25, -0.2) is 0 Å². The second kappa shape index (κ2) is 5.38. The number of nitrogens with zero attached hydrogens (tertiary/aromatic N) is 1. The highest BCUT2D eigenvalue weighted by molar-refractivity contribution is 5.48. The molecular weight excluding hydrogens is 188 g/mol. The molecule has 0 saturated heterocycles. The van der Waals surface area contributed by atoms with Crippen molar-refractivity contribution in [2.24, 2.45) is 0 Å². The average molecular weight is 204 g/mol. The fourth-order valence-electron chi connectivity index (χ4n) is 1.49. The Morgan fingerprint density at radius 2 is 1.93 bits per heavy atom. The van der Waals surface area contributed by atoms with Crippen molar-refractivity contribution in [3.05, 3.63) is 29.3 Å². The van der Waals surface area contributed by atoms with Crippen LogP contribution >= 0.6 is 0 Å². The second-order valence-corrected chi connectivity index (χ2v) is 3.77. The van der Waals surface area contributed by atoms with Crippen LogP contribution in [0.5, 0.6) is 0 Å². The summed E-state index contributed by atoms with van der Waals surface area (Å²) in [6, 6.07) is 8.07. The van der Waals surface area contributed by atoms with Crippen molar-refractivity contribution in [2.45, 2.75) is 26.4 Å². The number of aliphatic hydroxyl groups is 1. The Bertz CT molecular complexity index is 348. The minimum atomic E-state index is -0.601. The average Bonchev–Trinajstić information content (AvgIpc) is 2.14. The van der Waals surface area contributed by atoms with Gasteiger partial charge in [0.05, 0.1) is 18.6 Å². The molecule has 0 aromatic heterocycles. The van der Waals surface area contributed by atoms with Crippen LogP contribution in [0, 0.1) is 25.2 Å². The molecular formula is C12H16N2O. The molecule has 0 bridgehead atoms. The van der Waals surface area contributed by atoms with Crippen molar-refractivity contribution < 1.29 is 5.11 Å². The summed E-state index contributed by atoms with van der Waals surface area (Å²) in [6.45, 7) is 4.48. The molecule has 0 fully saturated rings. The predicted molar refractivity (Wildman–Crippen MR) is 60.6 cm³/mol. The van der Waals surface area contributed by atoms with Gasteiger partial charge in [0.2, 0.25) is 0 Å². The van der Waals surface area contributed by atoms with Crippen LogP contribution in [-0.2, 0) is 0 Å². The lowest BCUT2D eigenvalue weighted by molar-refractivity contribution is 0.193. The summed E-state index contributed by atoms with van der Waals surface area (Å²) in [6.07, 6.45) is -0.437. The van der Waals surface area contributed by atoms with Gasteiger partial charge in [-0.2, -0.15) is 5.26 Å². The molecule has 0 aliphatic heterocycles. The Morgan fingerprint density at radius 3 is 2.47 bits per heavy atom. The van der Waals surface area contributed by atoms with E-state index in [2.05, 4.69) is 11.4 Å². The SMILES string of the molecule is Cc1cc(C)cc(NCC(O)CC#N)c1. The topological polar surface area (TPSA) is 56.0 Å². The van der Waals surface area contributed by atoms with Crippen LogP contribution < -0.4 is 5.32 Å². The largest absolute Gasteiger partial charge is 0.390 e. The molecule has 3 heteroatoms. The van der Waals surface area contributed by atoms with Crippen LogP contribution in [0.15, 0.2) is 18.2 Å². The van der Waals surface area contributed by atoms with Gasteiger partial charge < -0.3 is 10.4 Å². The molecule has 3 nitrogen and oxygen atoms in total. The molecule has 80 valence electrons. The minimum absolute atomic E-state index is 0.164. The summed E-state index contributed by atoms with van der Waals surface area (Å²) in [4.78, 5) is 0. The van der Waals surface area contributed by atoms with Crippen LogP contribution in [0.25, 0.3) is 0 Å². The van der Waals surface area contributed by atoms with E-state index >= 15 is 0 Å². The zero-order valence-corrected chi connectivity index (χ0v) is 9.12. The summed E-state index contributed by atoms with van der Waals surface area (Å²) in [5.41, 5.74) is 3.36. The number of rotatable bonds is 4. The van der Waals surface area contributed by atoms with E-state index in [1.54, 1.807) is 0 Å².